The molecule has 0 radical (unpaired) electrons. The fraction of sp³-hybridized carbons (Fsp3) is 0.324. The van der Waals surface area contributed by atoms with E-state index in [0.29, 0.717) is 22.3 Å². The van der Waals surface area contributed by atoms with Crippen molar-refractivity contribution in [2.75, 3.05) is 40.2 Å². The monoisotopic (exact) mass is 681 g/mol. The van der Waals surface area contributed by atoms with Gasteiger partial charge in [-0.15, -0.1) is 11.3 Å². The van der Waals surface area contributed by atoms with E-state index in [1.54, 1.807) is 24.4 Å². The minimum absolute atomic E-state index is 0.0446. The van der Waals surface area contributed by atoms with Gasteiger partial charge in [-0.2, -0.15) is 5.01 Å². The Morgan fingerprint density at radius 2 is 1.92 bits per heavy atom. The van der Waals surface area contributed by atoms with Gasteiger partial charge in [-0.1, -0.05) is 36.9 Å². The van der Waals surface area contributed by atoms with Crippen LogP contribution in [0, 0.1) is 5.82 Å². The zero-order chi connectivity index (χ0) is 33.9. The second kappa shape index (κ2) is 12.1. The van der Waals surface area contributed by atoms with Crippen molar-refractivity contribution in [1.82, 2.24) is 14.9 Å². The zero-order valence-electron chi connectivity index (χ0n) is 26.0. The number of thiophene rings is 1. The Hall–Kier alpha value is -4.66. The number of allylic oxidation sites excluding steroid dienone is 1. The Labute approximate surface area is 277 Å². The van der Waals surface area contributed by atoms with Gasteiger partial charge in [0, 0.05) is 36.0 Å². The van der Waals surface area contributed by atoms with Gasteiger partial charge in [0.15, 0.2) is 5.70 Å². The van der Waals surface area contributed by atoms with Gasteiger partial charge in [0.2, 0.25) is 18.3 Å². The largest absolute Gasteiger partial charge is 0.511 e. The number of carbonyl (C=O) groups is 3. The maximum Gasteiger partial charge on any atom is 0.511 e. The van der Waals surface area contributed by atoms with E-state index in [4.69, 9.17) is 18.9 Å². The number of benzene rings is 2. The van der Waals surface area contributed by atoms with E-state index in [-0.39, 0.29) is 37.6 Å². The SMILES string of the molecule is C=CC(=O)/C(OCOC(=O)OCC)=C1/C(=O)N2CCOC[C@H]2N([C@@H]2c3ccccc3-c3scc4c3-c3c2ccc(F)c3C(F)(F)C4)N1C. The molecule has 4 aliphatic rings. The summed E-state index contributed by atoms with van der Waals surface area (Å²) in [4.78, 5) is 41.6. The van der Waals surface area contributed by atoms with E-state index in [2.05, 4.69) is 6.58 Å². The Morgan fingerprint density at radius 3 is 2.69 bits per heavy atom. The number of ketones is 1. The average molecular weight is 682 g/mol. The third-order valence-corrected chi connectivity index (χ3v) is 10.0. The molecule has 2 aliphatic heterocycles. The number of amides is 1. The van der Waals surface area contributed by atoms with Gasteiger partial charge in [0.05, 0.1) is 31.4 Å². The molecule has 48 heavy (non-hydrogen) atoms. The van der Waals surface area contributed by atoms with Crippen molar-refractivity contribution in [2.24, 2.45) is 0 Å². The van der Waals surface area contributed by atoms with Crippen molar-refractivity contribution < 1.29 is 46.5 Å². The molecule has 2 fully saturated rings. The molecule has 1 amide bonds. The first-order valence-electron chi connectivity index (χ1n) is 15.2. The number of nitrogens with zero attached hydrogens (tertiary/aromatic N) is 3. The molecule has 0 bridgehead atoms. The summed E-state index contributed by atoms with van der Waals surface area (Å²) in [7, 11) is 1.55. The number of halogens is 3. The maximum absolute atomic E-state index is 15.8. The lowest BCUT2D eigenvalue weighted by atomic mass is 9.80. The third kappa shape index (κ3) is 4.89. The smallest absolute Gasteiger partial charge is 0.451 e. The van der Waals surface area contributed by atoms with Crippen LogP contribution in [0.1, 0.15) is 35.2 Å². The number of hydrogen-bond donors (Lipinski definition) is 0. The van der Waals surface area contributed by atoms with Crippen molar-refractivity contribution in [3.05, 3.63) is 94.0 Å². The van der Waals surface area contributed by atoms with Crippen LogP contribution in [0.5, 0.6) is 0 Å². The summed E-state index contributed by atoms with van der Waals surface area (Å²) < 4.78 is 68.4. The molecule has 3 heterocycles. The second-order valence-corrected chi connectivity index (χ2v) is 12.4. The molecule has 14 heteroatoms. The predicted octanol–water partition coefficient (Wildman–Crippen LogP) is 5.73. The number of alkyl halides is 2. The molecule has 0 N–H and O–H groups in total. The Balaban J connectivity index is 1.46. The highest BCUT2D eigenvalue weighted by Crippen LogP contribution is 2.58. The molecule has 1 aromatic heterocycles. The van der Waals surface area contributed by atoms with E-state index >= 15 is 13.2 Å². The standard InChI is InChI=1S/C34H30F3N3O7S/c1-4-23(41)30(46-17-47-33(43)45-5-2)29-32(42)39-12-13-44-15-24(39)40(38(29)3)28-19-8-6-7-9-20(19)31-25-18(16-48-31)14-34(36,37)27-22(35)11-10-21(28)26(25)27/h4,6-11,16,24,28H,1,5,12-15,17H2,2-3H3/b30-29+/t24-,28-/m1/s1. The molecular formula is C34H30F3N3O7S. The summed E-state index contributed by atoms with van der Waals surface area (Å²) in [5.41, 5.74) is 2.10. The Bertz CT molecular complexity index is 1890. The molecule has 0 saturated carbocycles. The Morgan fingerprint density at radius 1 is 1.12 bits per heavy atom. The fourth-order valence-electron chi connectivity index (χ4n) is 7.04. The summed E-state index contributed by atoms with van der Waals surface area (Å²) in [6.45, 7) is 4.81. The first kappa shape index (κ1) is 31.9. The van der Waals surface area contributed by atoms with E-state index in [9.17, 15) is 14.4 Å². The van der Waals surface area contributed by atoms with Crippen LogP contribution in [0.2, 0.25) is 0 Å². The number of ether oxygens (including phenoxy) is 4. The zero-order valence-corrected chi connectivity index (χ0v) is 26.8. The van der Waals surface area contributed by atoms with Crippen LogP contribution in [0.4, 0.5) is 18.0 Å². The highest BCUT2D eigenvalue weighted by atomic mass is 32.1. The summed E-state index contributed by atoms with van der Waals surface area (Å²) in [6.07, 6.45) is -1.48. The Kier molecular flexibility index (Phi) is 8.04. The molecule has 0 spiro atoms. The van der Waals surface area contributed by atoms with Gasteiger partial charge in [-0.25, -0.2) is 18.0 Å². The second-order valence-electron chi connectivity index (χ2n) is 11.5. The normalized spacial score (nSPS) is 21.7. The summed E-state index contributed by atoms with van der Waals surface area (Å²) in [5.74, 6) is -6.28. The van der Waals surface area contributed by atoms with Gasteiger partial charge < -0.3 is 23.8 Å². The van der Waals surface area contributed by atoms with Gasteiger partial charge in [0.1, 0.15) is 12.0 Å². The number of rotatable bonds is 7. The lowest BCUT2D eigenvalue weighted by Crippen LogP contribution is -2.67. The molecule has 2 atom stereocenters. The topological polar surface area (TPSA) is 97.8 Å². The van der Waals surface area contributed by atoms with Gasteiger partial charge >= 0.3 is 6.16 Å². The highest BCUT2D eigenvalue weighted by Gasteiger charge is 2.52. The predicted molar refractivity (Wildman–Crippen MR) is 167 cm³/mol. The van der Waals surface area contributed by atoms with Crippen LogP contribution >= 0.6 is 11.3 Å². The van der Waals surface area contributed by atoms with Crippen molar-refractivity contribution in [2.45, 2.75) is 31.5 Å². The quantitative estimate of drug-likeness (QED) is 0.134. The first-order chi connectivity index (χ1) is 23.1. The number of hydrogen-bond acceptors (Lipinski definition) is 10. The molecule has 10 nitrogen and oxygen atoms in total. The van der Waals surface area contributed by atoms with Crippen LogP contribution < -0.4 is 0 Å². The number of morpholine rings is 1. The van der Waals surface area contributed by atoms with E-state index in [1.807, 2.05) is 24.3 Å². The van der Waals surface area contributed by atoms with E-state index < -0.39 is 66.3 Å². The number of carbonyl (C=O) groups excluding carboxylic acids is 3. The summed E-state index contributed by atoms with van der Waals surface area (Å²) in [6, 6.07) is 9.13. The molecule has 2 aromatic carbocycles. The average Bonchev–Trinajstić information content (AvgIpc) is 3.43. The number of hydrazine groups is 1. The number of fused-ring (bicyclic) bond motifs is 3. The van der Waals surface area contributed by atoms with E-state index in [0.717, 1.165) is 22.6 Å². The van der Waals surface area contributed by atoms with Crippen LogP contribution in [-0.2, 0) is 40.9 Å². The minimum atomic E-state index is -3.48. The van der Waals surface area contributed by atoms with Crippen LogP contribution in [-0.4, -0.2) is 79.1 Å². The van der Waals surface area contributed by atoms with Crippen molar-refractivity contribution in [3.8, 4) is 21.6 Å². The van der Waals surface area contributed by atoms with Crippen LogP contribution in [0.3, 0.4) is 0 Å². The summed E-state index contributed by atoms with van der Waals surface area (Å²) >= 11 is 1.32. The molecule has 7 rings (SSSR count). The van der Waals surface area contributed by atoms with Gasteiger partial charge in [-0.05, 0) is 46.7 Å². The van der Waals surface area contributed by atoms with Crippen molar-refractivity contribution in [1.29, 1.82) is 0 Å². The van der Waals surface area contributed by atoms with E-state index in [1.165, 1.54) is 27.3 Å². The van der Waals surface area contributed by atoms with Crippen molar-refractivity contribution >= 4 is 29.2 Å². The van der Waals surface area contributed by atoms with Gasteiger partial charge in [0.25, 0.3) is 11.8 Å². The molecular weight excluding hydrogens is 651 g/mol. The molecule has 0 unspecified atom stereocenters. The lowest BCUT2D eigenvalue weighted by Gasteiger charge is -2.54. The third-order valence-electron chi connectivity index (χ3n) is 8.95. The van der Waals surface area contributed by atoms with Crippen molar-refractivity contribution in [3.63, 3.8) is 0 Å². The highest BCUT2D eigenvalue weighted by molar-refractivity contribution is 7.14. The lowest BCUT2D eigenvalue weighted by molar-refractivity contribution is -0.194. The number of likely N-dealkylation sites (N-methyl/N-ethyl adjacent to an activating group) is 1. The van der Waals surface area contributed by atoms with Crippen LogP contribution in [0.25, 0.3) is 21.6 Å². The van der Waals surface area contributed by atoms with Gasteiger partial charge in [-0.3, -0.25) is 14.6 Å². The fourth-order valence-corrected chi connectivity index (χ4v) is 8.16. The first-order valence-corrected chi connectivity index (χ1v) is 16.1. The minimum Gasteiger partial charge on any atom is -0.451 e. The molecule has 2 aliphatic carbocycles. The maximum atomic E-state index is 15.8. The molecule has 3 aromatic rings. The van der Waals surface area contributed by atoms with Crippen LogP contribution in [0.15, 0.2) is 65.9 Å². The summed E-state index contributed by atoms with van der Waals surface area (Å²) in [5, 5.41) is 4.92. The molecule has 2 saturated heterocycles. The molecule has 250 valence electrons.